The maximum absolute atomic E-state index is 12.1. The first-order chi connectivity index (χ1) is 11.2. The zero-order chi connectivity index (χ0) is 16.1. The Bertz CT molecular complexity index is 649. The molecule has 23 heavy (non-hydrogen) atoms. The van der Waals surface area contributed by atoms with Crippen LogP contribution in [0.25, 0.3) is 0 Å². The van der Waals surface area contributed by atoms with E-state index in [1.807, 2.05) is 12.4 Å². The van der Waals surface area contributed by atoms with Crippen LogP contribution in [0.4, 0.5) is 0 Å². The summed E-state index contributed by atoms with van der Waals surface area (Å²) in [6.45, 7) is 2.07. The molecule has 0 fully saturated rings. The summed E-state index contributed by atoms with van der Waals surface area (Å²) in [5, 5.41) is 9.83. The average Bonchev–Trinajstić information content (AvgIpc) is 3.07. The first-order valence-electron chi connectivity index (χ1n) is 8.61. The van der Waals surface area contributed by atoms with E-state index in [4.69, 9.17) is 0 Å². The molecule has 0 saturated heterocycles. The van der Waals surface area contributed by atoms with Gasteiger partial charge in [0.25, 0.3) is 0 Å². The van der Waals surface area contributed by atoms with Crippen molar-refractivity contribution in [3.05, 3.63) is 52.8 Å². The van der Waals surface area contributed by atoms with Gasteiger partial charge in [-0.1, -0.05) is 18.2 Å². The van der Waals surface area contributed by atoms with E-state index in [-0.39, 0.29) is 11.9 Å². The quantitative estimate of drug-likeness (QED) is 0.858. The smallest absolute Gasteiger partial charge is 0.220 e. The van der Waals surface area contributed by atoms with Gasteiger partial charge in [0.05, 0.1) is 12.2 Å². The molecule has 122 valence electrons. The predicted molar refractivity (Wildman–Crippen MR) is 91.2 cm³/mol. The summed E-state index contributed by atoms with van der Waals surface area (Å²) < 4.78 is 0. The molecular weight excluding hydrogens is 286 g/mol. The van der Waals surface area contributed by atoms with Crippen LogP contribution < -0.4 is 5.32 Å². The molecule has 1 unspecified atom stereocenters. The summed E-state index contributed by atoms with van der Waals surface area (Å²) >= 11 is 0. The van der Waals surface area contributed by atoms with Gasteiger partial charge in [0.15, 0.2) is 0 Å². The van der Waals surface area contributed by atoms with Crippen molar-refractivity contribution in [2.45, 2.75) is 57.9 Å². The van der Waals surface area contributed by atoms with E-state index in [1.165, 1.54) is 42.4 Å². The van der Waals surface area contributed by atoms with Crippen molar-refractivity contribution in [1.29, 1.82) is 0 Å². The van der Waals surface area contributed by atoms with Crippen LogP contribution in [0.1, 0.15) is 60.9 Å². The third kappa shape index (κ3) is 4.21. The van der Waals surface area contributed by atoms with Gasteiger partial charge in [-0.15, -0.1) is 0 Å². The highest BCUT2D eigenvalue weighted by Crippen LogP contribution is 2.24. The minimum Gasteiger partial charge on any atom is -0.350 e. The van der Waals surface area contributed by atoms with Crippen LogP contribution in [-0.4, -0.2) is 16.1 Å². The molecular formula is C19H25N3O. The minimum absolute atomic E-state index is 0.0728. The lowest BCUT2D eigenvalue weighted by Crippen LogP contribution is -2.26. The molecule has 1 aromatic carbocycles. The Labute approximate surface area is 137 Å². The molecule has 1 heterocycles. The number of hydrogen-bond donors (Lipinski definition) is 2. The number of amides is 1. The summed E-state index contributed by atoms with van der Waals surface area (Å²) in [5.41, 5.74) is 5.32. The van der Waals surface area contributed by atoms with Crippen LogP contribution in [0, 0.1) is 0 Å². The summed E-state index contributed by atoms with van der Waals surface area (Å²) in [6, 6.07) is 6.76. The van der Waals surface area contributed by atoms with Gasteiger partial charge in [0.2, 0.25) is 5.91 Å². The third-order valence-corrected chi connectivity index (χ3v) is 4.67. The van der Waals surface area contributed by atoms with E-state index >= 15 is 0 Å². The molecule has 1 aliphatic rings. The van der Waals surface area contributed by atoms with Crippen LogP contribution in [0.5, 0.6) is 0 Å². The molecule has 2 N–H and O–H groups in total. The molecule has 4 nitrogen and oxygen atoms in total. The molecule has 1 aromatic heterocycles. The average molecular weight is 311 g/mol. The van der Waals surface area contributed by atoms with Gasteiger partial charge in [-0.25, -0.2) is 0 Å². The van der Waals surface area contributed by atoms with Crippen molar-refractivity contribution >= 4 is 5.91 Å². The molecule has 0 radical (unpaired) electrons. The summed E-state index contributed by atoms with van der Waals surface area (Å²) in [5.74, 6) is 0.124. The molecule has 0 bridgehead atoms. The second kappa shape index (κ2) is 7.44. The van der Waals surface area contributed by atoms with Gasteiger partial charge in [-0.3, -0.25) is 9.89 Å². The highest BCUT2D eigenvalue weighted by Gasteiger charge is 2.14. The lowest BCUT2D eigenvalue weighted by atomic mass is 9.89. The van der Waals surface area contributed by atoms with Crippen molar-refractivity contribution in [2.75, 3.05) is 0 Å². The van der Waals surface area contributed by atoms with E-state index < -0.39 is 0 Å². The number of fused-ring (bicyclic) bond motifs is 1. The second-order valence-electron chi connectivity index (χ2n) is 6.48. The molecule has 4 heteroatoms. The van der Waals surface area contributed by atoms with Crippen LogP contribution >= 0.6 is 0 Å². The molecule has 1 amide bonds. The number of aryl methyl sites for hydroxylation is 3. The molecule has 2 aromatic rings. The number of benzene rings is 1. The Hall–Kier alpha value is -2.10. The third-order valence-electron chi connectivity index (χ3n) is 4.67. The number of nitrogens with one attached hydrogen (secondary N) is 2. The standard InChI is InChI=1S/C19H25N3O/c1-14(17-10-9-16-6-2-3-7-18(16)11-17)22-19(23)8-4-5-15-12-20-21-13-15/h9-14H,2-8H2,1H3,(H,20,21)(H,22,23). The van der Waals surface area contributed by atoms with Gasteiger partial charge < -0.3 is 5.32 Å². The maximum atomic E-state index is 12.1. The highest BCUT2D eigenvalue weighted by atomic mass is 16.1. The topological polar surface area (TPSA) is 57.8 Å². The van der Waals surface area contributed by atoms with Gasteiger partial charge in [-0.2, -0.15) is 5.10 Å². The lowest BCUT2D eigenvalue weighted by Gasteiger charge is -2.20. The van der Waals surface area contributed by atoms with Crippen molar-refractivity contribution in [3.63, 3.8) is 0 Å². The van der Waals surface area contributed by atoms with E-state index in [2.05, 4.69) is 40.6 Å². The number of carbonyl (C=O) groups is 1. The normalized spacial score (nSPS) is 15.0. The molecule has 0 saturated carbocycles. The van der Waals surface area contributed by atoms with E-state index in [9.17, 15) is 4.79 Å². The van der Waals surface area contributed by atoms with Crippen molar-refractivity contribution in [3.8, 4) is 0 Å². The number of aromatic amines is 1. The first kappa shape index (κ1) is 15.8. The largest absolute Gasteiger partial charge is 0.350 e. The number of rotatable bonds is 6. The monoisotopic (exact) mass is 311 g/mol. The zero-order valence-corrected chi connectivity index (χ0v) is 13.8. The van der Waals surface area contributed by atoms with Crippen molar-refractivity contribution in [2.24, 2.45) is 0 Å². The fourth-order valence-electron chi connectivity index (χ4n) is 3.29. The van der Waals surface area contributed by atoms with E-state index in [0.717, 1.165) is 18.4 Å². The predicted octanol–water partition coefficient (Wildman–Crippen LogP) is 3.49. The molecule has 1 aliphatic carbocycles. The van der Waals surface area contributed by atoms with Gasteiger partial charge in [0.1, 0.15) is 0 Å². The Morgan fingerprint density at radius 1 is 1.30 bits per heavy atom. The maximum Gasteiger partial charge on any atom is 0.220 e. The molecule has 3 rings (SSSR count). The minimum atomic E-state index is 0.0728. The van der Waals surface area contributed by atoms with Crippen molar-refractivity contribution in [1.82, 2.24) is 15.5 Å². The first-order valence-corrected chi connectivity index (χ1v) is 8.61. The Morgan fingerprint density at radius 3 is 2.91 bits per heavy atom. The number of nitrogens with zero attached hydrogens (tertiary/aromatic N) is 1. The van der Waals surface area contributed by atoms with Gasteiger partial charge in [0, 0.05) is 12.6 Å². The van der Waals surface area contributed by atoms with Crippen LogP contribution in [-0.2, 0) is 24.1 Å². The number of aromatic nitrogens is 2. The fraction of sp³-hybridized carbons (Fsp3) is 0.474. The van der Waals surface area contributed by atoms with Crippen LogP contribution in [0.15, 0.2) is 30.6 Å². The van der Waals surface area contributed by atoms with E-state index in [0.29, 0.717) is 6.42 Å². The van der Waals surface area contributed by atoms with Crippen LogP contribution in [0.3, 0.4) is 0 Å². The van der Waals surface area contributed by atoms with Gasteiger partial charge in [-0.05, 0) is 67.7 Å². The lowest BCUT2D eigenvalue weighted by molar-refractivity contribution is -0.121. The number of hydrogen-bond acceptors (Lipinski definition) is 2. The second-order valence-corrected chi connectivity index (χ2v) is 6.48. The zero-order valence-electron chi connectivity index (χ0n) is 13.8. The summed E-state index contributed by atoms with van der Waals surface area (Å²) in [6.07, 6.45) is 10.9. The summed E-state index contributed by atoms with van der Waals surface area (Å²) in [4.78, 5) is 12.1. The number of H-pyrrole nitrogens is 1. The highest BCUT2D eigenvalue weighted by molar-refractivity contribution is 5.76. The SMILES string of the molecule is CC(NC(=O)CCCc1cn[nH]c1)c1ccc2c(c1)CCCC2. The number of carbonyl (C=O) groups excluding carboxylic acids is 1. The fourth-order valence-corrected chi connectivity index (χ4v) is 3.29. The van der Waals surface area contributed by atoms with Crippen LogP contribution in [0.2, 0.25) is 0 Å². The molecule has 0 spiro atoms. The Kier molecular flexibility index (Phi) is 5.11. The Balaban J connectivity index is 1.50. The molecule has 0 aliphatic heterocycles. The summed E-state index contributed by atoms with van der Waals surface area (Å²) in [7, 11) is 0. The van der Waals surface area contributed by atoms with Crippen molar-refractivity contribution < 1.29 is 4.79 Å². The molecule has 1 atom stereocenters. The van der Waals surface area contributed by atoms with E-state index in [1.54, 1.807) is 0 Å². The Morgan fingerprint density at radius 2 is 2.13 bits per heavy atom. The van der Waals surface area contributed by atoms with Gasteiger partial charge >= 0.3 is 0 Å².